The van der Waals surface area contributed by atoms with E-state index >= 15 is 0 Å². The molecule has 0 radical (unpaired) electrons. The molecule has 0 fully saturated rings. The Morgan fingerprint density at radius 2 is 2.04 bits per heavy atom. The number of carbonyl (C=O) groups excluding carboxylic acids is 1. The van der Waals surface area contributed by atoms with Crippen LogP contribution in [-0.2, 0) is 11.0 Å². The number of benzene rings is 1. The van der Waals surface area contributed by atoms with E-state index in [1.807, 2.05) is 6.92 Å². The van der Waals surface area contributed by atoms with Gasteiger partial charge in [-0.05, 0) is 36.8 Å². The molecule has 1 N–H and O–H groups in total. The summed E-state index contributed by atoms with van der Waals surface area (Å²) in [6.07, 6.45) is -3.67. The van der Waals surface area contributed by atoms with Gasteiger partial charge in [-0.25, -0.2) is 4.98 Å². The van der Waals surface area contributed by atoms with Gasteiger partial charge in [0, 0.05) is 16.9 Å². The van der Waals surface area contributed by atoms with Gasteiger partial charge in [0.15, 0.2) is 0 Å². The summed E-state index contributed by atoms with van der Waals surface area (Å²) in [7, 11) is 0. The molecular weight excluding hydrogens is 349 g/mol. The SMILES string of the molecule is Cc1ccc(Cl)cc1NC(=O)CSc1ccc(C(F)(F)F)cn1. The molecule has 0 aliphatic heterocycles. The number of nitrogens with one attached hydrogen (secondary N) is 1. The number of halogens is 4. The van der Waals surface area contributed by atoms with Crippen molar-refractivity contribution in [2.45, 2.75) is 18.1 Å². The van der Waals surface area contributed by atoms with E-state index in [0.29, 0.717) is 15.7 Å². The summed E-state index contributed by atoms with van der Waals surface area (Å²) in [5, 5.41) is 3.55. The molecule has 8 heteroatoms. The molecule has 0 spiro atoms. The maximum Gasteiger partial charge on any atom is 0.417 e. The maximum absolute atomic E-state index is 12.4. The van der Waals surface area contributed by atoms with Gasteiger partial charge in [0.25, 0.3) is 0 Å². The number of amides is 1. The van der Waals surface area contributed by atoms with E-state index in [0.717, 1.165) is 29.6 Å². The van der Waals surface area contributed by atoms with Crippen molar-refractivity contribution in [2.75, 3.05) is 11.1 Å². The topological polar surface area (TPSA) is 42.0 Å². The van der Waals surface area contributed by atoms with Crippen LogP contribution in [0.3, 0.4) is 0 Å². The zero-order valence-corrected chi connectivity index (χ0v) is 13.5. The lowest BCUT2D eigenvalue weighted by Gasteiger charge is -2.09. The number of nitrogens with zero attached hydrogens (tertiary/aromatic N) is 1. The second-order valence-electron chi connectivity index (χ2n) is 4.68. The fraction of sp³-hybridized carbons (Fsp3) is 0.200. The highest BCUT2D eigenvalue weighted by molar-refractivity contribution is 7.99. The van der Waals surface area contributed by atoms with Crippen molar-refractivity contribution >= 4 is 35.0 Å². The van der Waals surface area contributed by atoms with Gasteiger partial charge >= 0.3 is 6.18 Å². The molecule has 1 aromatic carbocycles. The minimum Gasteiger partial charge on any atom is -0.325 e. The Balaban J connectivity index is 1.93. The minimum atomic E-state index is -4.42. The molecule has 0 bridgehead atoms. The van der Waals surface area contributed by atoms with Gasteiger partial charge in [-0.3, -0.25) is 4.79 Å². The standard InChI is InChI=1S/C15H12ClF3N2OS/c1-9-2-4-11(16)6-12(9)21-13(22)8-23-14-5-3-10(7-20-14)15(17,18)19/h2-7H,8H2,1H3,(H,21,22). The number of carbonyl (C=O) groups is 1. The van der Waals surface area contributed by atoms with Gasteiger partial charge in [-0.15, -0.1) is 0 Å². The van der Waals surface area contributed by atoms with E-state index in [1.54, 1.807) is 18.2 Å². The third kappa shape index (κ3) is 5.14. The summed E-state index contributed by atoms with van der Waals surface area (Å²) in [5.74, 6) is -0.258. The van der Waals surface area contributed by atoms with Crippen molar-refractivity contribution < 1.29 is 18.0 Å². The second-order valence-corrected chi connectivity index (χ2v) is 6.11. The third-order valence-electron chi connectivity index (χ3n) is 2.89. The van der Waals surface area contributed by atoms with Crippen molar-refractivity contribution in [3.8, 4) is 0 Å². The molecule has 1 amide bonds. The highest BCUT2D eigenvalue weighted by atomic mass is 35.5. The highest BCUT2D eigenvalue weighted by Crippen LogP contribution is 2.29. The molecule has 0 atom stereocenters. The van der Waals surface area contributed by atoms with Gasteiger partial charge in [0.1, 0.15) is 0 Å². The van der Waals surface area contributed by atoms with E-state index in [4.69, 9.17) is 11.6 Å². The van der Waals surface area contributed by atoms with Crippen LogP contribution in [0.4, 0.5) is 18.9 Å². The zero-order valence-electron chi connectivity index (χ0n) is 11.9. The first-order chi connectivity index (χ1) is 10.8. The third-order valence-corrected chi connectivity index (χ3v) is 4.07. The van der Waals surface area contributed by atoms with E-state index in [9.17, 15) is 18.0 Å². The van der Waals surface area contributed by atoms with Crippen LogP contribution in [0.1, 0.15) is 11.1 Å². The van der Waals surface area contributed by atoms with E-state index < -0.39 is 11.7 Å². The fourth-order valence-electron chi connectivity index (χ4n) is 1.69. The first kappa shape index (κ1) is 17.6. The predicted octanol–water partition coefficient (Wildman–Crippen LogP) is 4.79. The monoisotopic (exact) mass is 360 g/mol. The Kier molecular flexibility index (Phi) is 5.54. The minimum absolute atomic E-state index is 0.0321. The Hall–Kier alpha value is -1.73. The second kappa shape index (κ2) is 7.23. The molecular formula is C15H12ClF3N2OS. The van der Waals surface area contributed by atoms with Crippen LogP contribution in [-0.4, -0.2) is 16.6 Å². The van der Waals surface area contributed by atoms with Crippen LogP contribution in [0.2, 0.25) is 5.02 Å². The fourth-order valence-corrected chi connectivity index (χ4v) is 2.50. The number of pyridine rings is 1. The molecule has 3 nitrogen and oxygen atoms in total. The number of hydrogen-bond donors (Lipinski definition) is 1. The maximum atomic E-state index is 12.4. The lowest BCUT2D eigenvalue weighted by molar-refractivity contribution is -0.137. The van der Waals surface area contributed by atoms with Crippen LogP contribution >= 0.6 is 23.4 Å². The van der Waals surface area contributed by atoms with Gasteiger partial charge in [0.2, 0.25) is 5.91 Å². The summed E-state index contributed by atoms with van der Waals surface area (Å²) in [5.41, 5.74) is 0.643. The average Bonchev–Trinajstić information content (AvgIpc) is 2.48. The number of anilines is 1. The molecule has 0 aliphatic rings. The van der Waals surface area contributed by atoms with E-state index in [2.05, 4.69) is 10.3 Å². The predicted molar refractivity (Wildman–Crippen MR) is 84.8 cm³/mol. The Labute approximate surface area is 140 Å². The number of rotatable bonds is 4. The average molecular weight is 361 g/mol. The largest absolute Gasteiger partial charge is 0.417 e. The smallest absolute Gasteiger partial charge is 0.325 e. The summed E-state index contributed by atoms with van der Waals surface area (Å²) in [6, 6.07) is 7.31. The van der Waals surface area contributed by atoms with Gasteiger partial charge < -0.3 is 5.32 Å². The first-order valence-corrected chi connectivity index (χ1v) is 7.84. The number of aromatic nitrogens is 1. The number of hydrogen-bond acceptors (Lipinski definition) is 3. The van der Waals surface area contributed by atoms with Crippen molar-refractivity contribution in [1.82, 2.24) is 4.98 Å². The zero-order chi connectivity index (χ0) is 17.0. The van der Waals surface area contributed by atoms with Crippen LogP contribution < -0.4 is 5.32 Å². The van der Waals surface area contributed by atoms with Crippen molar-refractivity contribution in [2.24, 2.45) is 0 Å². The Bertz CT molecular complexity index is 705. The van der Waals surface area contributed by atoms with E-state index in [-0.39, 0.29) is 11.7 Å². The quantitative estimate of drug-likeness (QED) is 0.797. The van der Waals surface area contributed by atoms with Gasteiger partial charge in [0.05, 0.1) is 16.3 Å². The summed E-state index contributed by atoms with van der Waals surface area (Å²) >= 11 is 6.92. The van der Waals surface area contributed by atoms with Crippen LogP contribution in [0, 0.1) is 6.92 Å². The molecule has 0 unspecified atom stereocenters. The highest BCUT2D eigenvalue weighted by Gasteiger charge is 2.30. The normalized spacial score (nSPS) is 11.3. The molecule has 1 heterocycles. The van der Waals surface area contributed by atoms with Crippen LogP contribution in [0.25, 0.3) is 0 Å². The lowest BCUT2D eigenvalue weighted by atomic mass is 10.2. The Morgan fingerprint density at radius 3 is 2.65 bits per heavy atom. The van der Waals surface area contributed by atoms with Gasteiger partial charge in [-0.2, -0.15) is 13.2 Å². The van der Waals surface area contributed by atoms with E-state index in [1.165, 1.54) is 6.07 Å². The van der Waals surface area contributed by atoms with Crippen molar-refractivity contribution in [3.63, 3.8) is 0 Å². The Morgan fingerprint density at radius 1 is 1.30 bits per heavy atom. The summed E-state index contributed by atoms with van der Waals surface area (Å²) < 4.78 is 37.3. The lowest BCUT2D eigenvalue weighted by Crippen LogP contribution is -2.15. The van der Waals surface area contributed by atoms with Crippen LogP contribution in [0.15, 0.2) is 41.6 Å². The molecule has 23 heavy (non-hydrogen) atoms. The van der Waals surface area contributed by atoms with Crippen molar-refractivity contribution in [1.29, 1.82) is 0 Å². The molecule has 0 saturated carbocycles. The van der Waals surface area contributed by atoms with Gasteiger partial charge in [-0.1, -0.05) is 29.4 Å². The summed E-state index contributed by atoms with van der Waals surface area (Å²) in [4.78, 5) is 15.6. The molecule has 2 aromatic rings. The molecule has 122 valence electrons. The molecule has 0 aliphatic carbocycles. The number of thioether (sulfide) groups is 1. The molecule has 0 saturated heterocycles. The number of aryl methyl sites for hydroxylation is 1. The van der Waals surface area contributed by atoms with Crippen LogP contribution in [0.5, 0.6) is 0 Å². The number of alkyl halides is 3. The first-order valence-electron chi connectivity index (χ1n) is 6.48. The molecule has 2 rings (SSSR count). The molecule has 1 aromatic heterocycles. The van der Waals surface area contributed by atoms with Crippen molar-refractivity contribution in [3.05, 3.63) is 52.7 Å². The summed E-state index contributed by atoms with van der Waals surface area (Å²) in [6.45, 7) is 1.83.